The maximum atomic E-state index is 13.1. The highest BCUT2D eigenvalue weighted by Gasteiger charge is 2.57. The number of halogens is 3. The zero-order valence-corrected chi connectivity index (χ0v) is 11.9. The summed E-state index contributed by atoms with van der Waals surface area (Å²) < 4.78 is 13.7. The largest absolute Gasteiger partial charge is 0.206 e. The second-order valence-corrected chi connectivity index (χ2v) is 6.24. The molecule has 1 saturated carbocycles. The van der Waals surface area contributed by atoms with Crippen molar-refractivity contribution in [3.63, 3.8) is 0 Å². The van der Waals surface area contributed by atoms with Crippen molar-refractivity contribution in [2.45, 2.75) is 19.8 Å². The SMILES string of the molecule is CC1(C)C(CBr)C1c1ccc(F)c(Br)c1. The summed E-state index contributed by atoms with van der Waals surface area (Å²) in [5, 5.41) is 1.01. The van der Waals surface area contributed by atoms with Gasteiger partial charge in [-0.25, -0.2) is 4.39 Å². The van der Waals surface area contributed by atoms with E-state index in [0.29, 0.717) is 21.7 Å². The minimum Gasteiger partial charge on any atom is -0.206 e. The molecular weight excluding hydrogens is 323 g/mol. The van der Waals surface area contributed by atoms with E-state index >= 15 is 0 Å². The van der Waals surface area contributed by atoms with Crippen molar-refractivity contribution in [2.75, 3.05) is 5.33 Å². The third-order valence-corrected chi connectivity index (χ3v) is 4.82. The molecule has 15 heavy (non-hydrogen) atoms. The predicted molar refractivity (Wildman–Crippen MR) is 67.9 cm³/mol. The fourth-order valence-electron chi connectivity index (χ4n) is 2.40. The summed E-state index contributed by atoms with van der Waals surface area (Å²) in [5.41, 5.74) is 1.57. The van der Waals surface area contributed by atoms with Gasteiger partial charge in [-0.1, -0.05) is 35.8 Å². The molecule has 0 N–H and O–H groups in total. The van der Waals surface area contributed by atoms with Gasteiger partial charge in [-0.15, -0.1) is 0 Å². The maximum Gasteiger partial charge on any atom is 0.137 e. The number of rotatable bonds is 2. The average Bonchev–Trinajstić information content (AvgIpc) is 2.73. The van der Waals surface area contributed by atoms with Gasteiger partial charge in [-0.05, 0) is 50.9 Å². The summed E-state index contributed by atoms with van der Waals surface area (Å²) in [5.74, 6) is 1.02. The van der Waals surface area contributed by atoms with Gasteiger partial charge in [-0.2, -0.15) is 0 Å². The van der Waals surface area contributed by atoms with E-state index in [1.165, 1.54) is 5.56 Å². The Labute approximate surface area is 107 Å². The van der Waals surface area contributed by atoms with Crippen LogP contribution < -0.4 is 0 Å². The number of benzene rings is 1. The molecule has 0 heterocycles. The second kappa shape index (κ2) is 3.85. The van der Waals surface area contributed by atoms with Crippen molar-refractivity contribution in [3.05, 3.63) is 34.1 Å². The third kappa shape index (κ3) is 1.89. The molecule has 0 aliphatic heterocycles. The second-order valence-electron chi connectivity index (χ2n) is 4.73. The van der Waals surface area contributed by atoms with Gasteiger partial charge in [0.15, 0.2) is 0 Å². The quantitative estimate of drug-likeness (QED) is 0.686. The highest BCUT2D eigenvalue weighted by molar-refractivity contribution is 9.10. The van der Waals surface area contributed by atoms with Crippen LogP contribution in [0.3, 0.4) is 0 Å². The molecule has 2 rings (SSSR count). The van der Waals surface area contributed by atoms with E-state index in [1.807, 2.05) is 12.1 Å². The van der Waals surface area contributed by atoms with Gasteiger partial charge in [0.2, 0.25) is 0 Å². The van der Waals surface area contributed by atoms with Crippen LogP contribution in [0.4, 0.5) is 4.39 Å². The number of hydrogen-bond donors (Lipinski definition) is 0. The molecule has 1 aromatic rings. The van der Waals surface area contributed by atoms with E-state index in [-0.39, 0.29) is 5.82 Å². The van der Waals surface area contributed by atoms with E-state index in [4.69, 9.17) is 0 Å². The van der Waals surface area contributed by atoms with Gasteiger partial charge >= 0.3 is 0 Å². The van der Waals surface area contributed by atoms with Crippen LogP contribution in [0.25, 0.3) is 0 Å². The molecule has 1 aliphatic rings. The Morgan fingerprint density at radius 3 is 2.53 bits per heavy atom. The molecule has 3 heteroatoms. The minimum absolute atomic E-state index is 0.187. The first-order valence-corrected chi connectivity index (χ1v) is 6.91. The van der Waals surface area contributed by atoms with Crippen LogP contribution in [-0.2, 0) is 0 Å². The van der Waals surface area contributed by atoms with E-state index in [0.717, 1.165) is 5.33 Å². The molecule has 0 saturated heterocycles. The van der Waals surface area contributed by atoms with Crippen molar-refractivity contribution < 1.29 is 4.39 Å². The zero-order valence-electron chi connectivity index (χ0n) is 8.73. The lowest BCUT2D eigenvalue weighted by Gasteiger charge is -2.04. The topological polar surface area (TPSA) is 0 Å². The lowest BCUT2D eigenvalue weighted by Crippen LogP contribution is -1.91. The first-order chi connectivity index (χ1) is 6.98. The summed E-state index contributed by atoms with van der Waals surface area (Å²) in [6, 6.07) is 5.35. The Hall–Kier alpha value is 0.110. The van der Waals surface area contributed by atoms with E-state index in [2.05, 4.69) is 45.7 Å². The molecule has 0 amide bonds. The Morgan fingerprint density at radius 2 is 2.07 bits per heavy atom. The van der Waals surface area contributed by atoms with Crippen molar-refractivity contribution in [1.29, 1.82) is 0 Å². The highest BCUT2D eigenvalue weighted by Crippen LogP contribution is 2.65. The first-order valence-electron chi connectivity index (χ1n) is 4.99. The standard InChI is InChI=1S/C12H13Br2F/c1-12(2)8(6-13)11(12)7-3-4-10(15)9(14)5-7/h3-5,8,11H,6H2,1-2H3. The lowest BCUT2D eigenvalue weighted by atomic mass is 10.0. The van der Waals surface area contributed by atoms with Crippen LogP contribution in [0.2, 0.25) is 0 Å². The molecule has 82 valence electrons. The molecule has 0 bridgehead atoms. The fourth-order valence-corrected chi connectivity index (χ4v) is 4.00. The molecule has 2 atom stereocenters. The van der Waals surface area contributed by atoms with E-state index in [9.17, 15) is 4.39 Å². The van der Waals surface area contributed by atoms with Crippen LogP contribution in [0, 0.1) is 17.2 Å². The van der Waals surface area contributed by atoms with Crippen molar-refractivity contribution in [1.82, 2.24) is 0 Å². The maximum absolute atomic E-state index is 13.1. The Kier molecular flexibility index (Phi) is 2.97. The van der Waals surface area contributed by atoms with E-state index in [1.54, 1.807) is 6.07 Å². The van der Waals surface area contributed by atoms with Crippen LogP contribution in [-0.4, -0.2) is 5.33 Å². The Balaban J connectivity index is 2.29. The molecule has 1 aromatic carbocycles. The van der Waals surface area contributed by atoms with Gasteiger partial charge in [0.25, 0.3) is 0 Å². The highest BCUT2D eigenvalue weighted by atomic mass is 79.9. The van der Waals surface area contributed by atoms with Crippen molar-refractivity contribution in [3.8, 4) is 0 Å². The molecule has 2 unspecified atom stereocenters. The lowest BCUT2D eigenvalue weighted by molar-refractivity contribution is 0.578. The average molecular weight is 336 g/mol. The Morgan fingerprint density at radius 1 is 1.40 bits per heavy atom. The molecule has 0 spiro atoms. The molecule has 0 nitrogen and oxygen atoms in total. The molecule has 0 aromatic heterocycles. The van der Waals surface area contributed by atoms with Gasteiger partial charge in [0.05, 0.1) is 4.47 Å². The summed E-state index contributed by atoms with van der Waals surface area (Å²) in [6.45, 7) is 4.53. The van der Waals surface area contributed by atoms with Gasteiger partial charge in [0, 0.05) is 5.33 Å². The normalized spacial score (nSPS) is 27.8. The summed E-state index contributed by atoms with van der Waals surface area (Å²) in [4.78, 5) is 0. The van der Waals surface area contributed by atoms with Crippen molar-refractivity contribution >= 4 is 31.9 Å². The first kappa shape index (κ1) is 11.6. The summed E-state index contributed by atoms with van der Waals surface area (Å²) in [7, 11) is 0. The number of hydrogen-bond acceptors (Lipinski definition) is 0. The smallest absolute Gasteiger partial charge is 0.137 e. The summed E-state index contributed by atoms with van der Waals surface area (Å²) >= 11 is 6.77. The van der Waals surface area contributed by atoms with Crippen molar-refractivity contribution in [2.24, 2.45) is 11.3 Å². The predicted octanol–water partition coefficient (Wildman–Crippen LogP) is 4.72. The minimum atomic E-state index is -0.187. The van der Waals surface area contributed by atoms with Gasteiger partial charge < -0.3 is 0 Å². The van der Waals surface area contributed by atoms with Crippen LogP contribution in [0.5, 0.6) is 0 Å². The van der Waals surface area contributed by atoms with Crippen LogP contribution >= 0.6 is 31.9 Å². The molecule has 1 fully saturated rings. The third-order valence-electron chi connectivity index (χ3n) is 3.52. The van der Waals surface area contributed by atoms with Crippen LogP contribution in [0.1, 0.15) is 25.3 Å². The zero-order chi connectivity index (χ0) is 11.2. The molecule has 0 radical (unpaired) electrons. The van der Waals surface area contributed by atoms with E-state index < -0.39 is 0 Å². The molecule has 1 aliphatic carbocycles. The molecular formula is C12H13Br2F. The van der Waals surface area contributed by atoms with Crippen LogP contribution in [0.15, 0.2) is 22.7 Å². The summed E-state index contributed by atoms with van der Waals surface area (Å²) in [6.07, 6.45) is 0. The fraction of sp³-hybridized carbons (Fsp3) is 0.500. The van der Waals surface area contributed by atoms with Gasteiger partial charge in [-0.3, -0.25) is 0 Å². The monoisotopic (exact) mass is 334 g/mol. The Bertz CT molecular complexity index is 387. The number of alkyl halides is 1. The van der Waals surface area contributed by atoms with Gasteiger partial charge in [0.1, 0.15) is 5.82 Å².